The Kier molecular flexibility index (Phi) is 3.51. The van der Waals surface area contributed by atoms with E-state index in [0.29, 0.717) is 0 Å². The van der Waals surface area contributed by atoms with Crippen LogP contribution in [0.25, 0.3) is 54.7 Å². The highest BCUT2D eigenvalue weighted by atomic mass is 15.0. The van der Waals surface area contributed by atoms with Crippen LogP contribution in [-0.2, 0) is 7.05 Å². The van der Waals surface area contributed by atoms with Crippen LogP contribution in [0.2, 0.25) is 0 Å². The number of fused-ring (bicyclic) bond motifs is 6. The normalized spacial score (nSPS) is 11.8. The highest BCUT2D eigenvalue weighted by Crippen LogP contribution is 2.37. The van der Waals surface area contributed by atoms with Gasteiger partial charge in [0.05, 0.1) is 16.7 Å². The first kappa shape index (κ1) is 17.2. The molecule has 2 aromatic heterocycles. The minimum atomic E-state index is 0.974. The Bertz CT molecular complexity index is 1620. The lowest BCUT2D eigenvalue weighted by atomic mass is 9.99. The number of aromatic nitrogens is 3. The van der Waals surface area contributed by atoms with E-state index in [2.05, 4.69) is 92.2 Å². The zero-order chi connectivity index (χ0) is 20.4. The van der Waals surface area contributed by atoms with Crippen molar-refractivity contribution in [2.24, 2.45) is 7.05 Å². The molecule has 4 aromatic carbocycles. The summed E-state index contributed by atoms with van der Waals surface area (Å²) < 4.78 is 2.24. The third-order valence-corrected chi connectivity index (χ3v) is 6.39. The minimum absolute atomic E-state index is 0.974. The second kappa shape index (κ2) is 6.14. The van der Waals surface area contributed by atoms with Gasteiger partial charge in [0, 0.05) is 18.0 Å². The molecule has 0 bridgehead atoms. The van der Waals surface area contributed by atoms with E-state index in [1.54, 1.807) is 6.33 Å². The van der Waals surface area contributed by atoms with Crippen molar-refractivity contribution in [2.75, 3.05) is 0 Å². The van der Waals surface area contributed by atoms with E-state index in [1.807, 2.05) is 0 Å². The van der Waals surface area contributed by atoms with Gasteiger partial charge >= 0.3 is 0 Å². The van der Waals surface area contributed by atoms with Crippen molar-refractivity contribution in [3.8, 4) is 11.3 Å². The SMILES string of the molecule is Cc1cc2ccc3c(c2cc1C)c1ncnc(-c2ccc4ccccc4c2)c1n3C. The van der Waals surface area contributed by atoms with Gasteiger partial charge in [0.2, 0.25) is 0 Å². The highest BCUT2D eigenvalue weighted by Gasteiger charge is 2.18. The van der Waals surface area contributed by atoms with Crippen molar-refractivity contribution in [1.82, 2.24) is 14.5 Å². The quantitative estimate of drug-likeness (QED) is 0.314. The van der Waals surface area contributed by atoms with E-state index in [4.69, 9.17) is 9.97 Å². The van der Waals surface area contributed by atoms with Gasteiger partial charge in [-0.25, -0.2) is 9.97 Å². The van der Waals surface area contributed by atoms with Gasteiger partial charge in [-0.1, -0.05) is 54.6 Å². The minimum Gasteiger partial charge on any atom is -0.340 e. The van der Waals surface area contributed by atoms with E-state index < -0.39 is 0 Å². The molecule has 3 nitrogen and oxygen atoms in total. The smallest absolute Gasteiger partial charge is 0.116 e. The Morgan fingerprint density at radius 2 is 1.50 bits per heavy atom. The van der Waals surface area contributed by atoms with Crippen LogP contribution in [-0.4, -0.2) is 14.5 Å². The Morgan fingerprint density at radius 1 is 0.733 bits per heavy atom. The molecule has 0 saturated carbocycles. The predicted molar refractivity (Wildman–Crippen MR) is 126 cm³/mol. The molecule has 0 N–H and O–H groups in total. The fraction of sp³-hybridized carbons (Fsp3) is 0.111. The van der Waals surface area contributed by atoms with Crippen LogP contribution >= 0.6 is 0 Å². The Hall–Kier alpha value is -3.72. The summed E-state index contributed by atoms with van der Waals surface area (Å²) in [4.78, 5) is 9.47. The summed E-state index contributed by atoms with van der Waals surface area (Å²) in [7, 11) is 2.12. The molecule has 0 unspecified atom stereocenters. The van der Waals surface area contributed by atoms with E-state index in [9.17, 15) is 0 Å². The molecule has 6 aromatic rings. The monoisotopic (exact) mass is 387 g/mol. The zero-order valence-corrected chi connectivity index (χ0v) is 17.3. The molecular weight excluding hydrogens is 366 g/mol. The van der Waals surface area contributed by atoms with Crippen molar-refractivity contribution >= 4 is 43.5 Å². The van der Waals surface area contributed by atoms with Gasteiger partial charge in [-0.3, -0.25) is 0 Å². The molecule has 3 heteroatoms. The largest absolute Gasteiger partial charge is 0.340 e. The fourth-order valence-electron chi connectivity index (χ4n) is 4.66. The number of benzene rings is 4. The number of rotatable bonds is 1. The third kappa shape index (κ3) is 2.32. The number of hydrogen-bond donors (Lipinski definition) is 0. The van der Waals surface area contributed by atoms with Gasteiger partial charge in [-0.15, -0.1) is 0 Å². The third-order valence-electron chi connectivity index (χ3n) is 6.39. The molecule has 30 heavy (non-hydrogen) atoms. The molecule has 6 rings (SSSR count). The van der Waals surface area contributed by atoms with E-state index in [0.717, 1.165) is 22.3 Å². The van der Waals surface area contributed by atoms with Crippen molar-refractivity contribution in [2.45, 2.75) is 13.8 Å². The molecule has 2 heterocycles. The van der Waals surface area contributed by atoms with Gasteiger partial charge in [-0.05, 0) is 58.7 Å². The average molecular weight is 387 g/mol. The average Bonchev–Trinajstić information content (AvgIpc) is 3.07. The Morgan fingerprint density at radius 3 is 2.37 bits per heavy atom. The zero-order valence-electron chi connectivity index (χ0n) is 17.3. The van der Waals surface area contributed by atoms with Gasteiger partial charge in [0.25, 0.3) is 0 Å². The molecule has 0 fully saturated rings. The Balaban J connectivity index is 1.74. The molecule has 0 aliphatic carbocycles. The van der Waals surface area contributed by atoms with Crippen LogP contribution < -0.4 is 0 Å². The van der Waals surface area contributed by atoms with Gasteiger partial charge in [0.15, 0.2) is 0 Å². The van der Waals surface area contributed by atoms with E-state index in [1.165, 1.54) is 43.6 Å². The molecule has 0 amide bonds. The second-order valence-corrected chi connectivity index (χ2v) is 8.16. The first-order valence-electron chi connectivity index (χ1n) is 10.2. The maximum Gasteiger partial charge on any atom is 0.116 e. The summed E-state index contributed by atoms with van der Waals surface area (Å²) in [6.45, 7) is 4.34. The molecule has 0 spiro atoms. The second-order valence-electron chi connectivity index (χ2n) is 8.16. The van der Waals surface area contributed by atoms with Crippen LogP contribution in [0.3, 0.4) is 0 Å². The first-order chi connectivity index (χ1) is 14.6. The number of hydrogen-bond acceptors (Lipinski definition) is 2. The van der Waals surface area contributed by atoms with E-state index in [-0.39, 0.29) is 0 Å². The van der Waals surface area contributed by atoms with Gasteiger partial charge in [-0.2, -0.15) is 0 Å². The van der Waals surface area contributed by atoms with Crippen molar-refractivity contribution in [1.29, 1.82) is 0 Å². The molecule has 0 atom stereocenters. The van der Waals surface area contributed by atoms with Crippen molar-refractivity contribution in [3.63, 3.8) is 0 Å². The van der Waals surface area contributed by atoms with Crippen LogP contribution in [0.4, 0.5) is 0 Å². The summed E-state index contributed by atoms with van der Waals surface area (Å²) in [5.74, 6) is 0. The van der Waals surface area contributed by atoms with Crippen LogP contribution in [0.15, 0.2) is 73.1 Å². The van der Waals surface area contributed by atoms with Crippen molar-refractivity contribution < 1.29 is 0 Å². The lowest BCUT2D eigenvalue weighted by Gasteiger charge is -2.07. The lowest BCUT2D eigenvalue weighted by molar-refractivity contribution is 1.01. The highest BCUT2D eigenvalue weighted by molar-refractivity contribution is 6.21. The van der Waals surface area contributed by atoms with Crippen molar-refractivity contribution in [3.05, 3.63) is 84.2 Å². The standard InChI is InChI=1S/C27H21N3/c1-16-12-20-10-11-23-24(22(20)13-17(16)2)26-27(30(23)3)25(28-15-29-26)21-9-8-18-6-4-5-7-19(18)14-21/h4-15H,1-3H3. The predicted octanol–water partition coefficient (Wildman–Crippen LogP) is 6.71. The summed E-state index contributed by atoms with van der Waals surface area (Å²) in [5, 5.41) is 6.17. The molecule has 0 saturated heterocycles. The number of nitrogens with zero attached hydrogens (tertiary/aromatic N) is 3. The summed E-state index contributed by atoms with van der Waals surface area (Å²) in [6, 6.07) is 24.0. The lowest BCUT2D eigenvalue weighted by Crippen LogP contribution is -1.93. The first-order valence-corrected chi connectivity index (χ1v) is 10.2. The number of aryl methyl sites for hydroxylation is 3. The topological polar surface area (TPSA) is 30.7 Å². The van der Waals surface area contributed by atoms with Crippen LogP contribution in [0.5, 0.6) is 0 Å². The molecule has 0 radical (unpaired) electrons. The summed E-state index contributed by atoms with van der Waals surface area (Å²) >= 11 is 0. The summed E-state index contributed by atoms with van der Waals surface area (Å²) in [6.07, 6.45) is 1.70. The molecular formula is C27H21N3. The molecule has 0 aliphatic rings. The molecule has 0 aliphatic heterocycles. The van der Waals surface area contributed by atoms with Crippen LogP contribution in [0.1, 0.15) is 11.1 Å². The Labute approximate surface area is 174 Å². The van der Waals surface area contributed by atoms with Gasteiger partial charge < -0.3 is 4.57 Å². The van der Waals surface area contributed by atoms with Crippen LogP contribution in [0, 0.1) is 13.8 Å². The van der Waals surface area contributed by atoms with E-state index >= 15 is 0 Å². The summed E-state index contributed by atoms with van der Waals surface area (Å²) in [5.41, 5.74) is 7.98. The molecule has 144 valence electrons. The fourth-order valence-corrected chi connectivity index (χ4v) is 4.66. The maximum absolute atomic E-state index is 4.75. The van der Waals surface area contributed by atoms with Gasteiger partial charge in [0.1, 0.15) is 11.8 Å². The maximum atomic E-state index is 4.75.